The third-order valence-corrected chi connectivity index (χ3v) is 8.74. The molecule has 0 bridgehead atoms. The normalized spacial score (nSPS) is 25.2. The molecule has 0 N–H and O–H groups in total. The number of rotatable bonds is 6. The van der Waals surface area contributed by atoms with Crippen LogP contribution in [-0.2, 0) is 32.0 Å². The van der Waals surface area contributed by atoms with Gasteiger partial charge in [0.25, 0.3) is 5.91 Å². The van der Waals surface area contributed by atoms with Crippen LogP contribution in [0.25, 0.3) is 0 Å². The number of aryl methyl sites for hydroxylation is 1. The molecule has 1 saturated heterocycles. The van der Waals surface area contributed by atoms with Crippen molar-refractivity contribution in [3.8, 4) is 6.07 Å². The van der Waals surface area contributed by atoms with Gasteiger partial charge in [-0.2, -0.15) is 5.26 Å². The third kappa shape index (κ3) is 4.59. The van der Waals surface area contributed by atoms with E-state index in [2.05, 4.69) is 45.2 Å². The zero-order valence-electron chi connectivity index (χ0n) is 21.9. The topological polar surface area (TPSA) is 90.9 Å². The van der Waals surface area contributed by atoms with Crippen LogP contribution >= 0.6 is 11.6 Å². The number of nitrogens with zero attached hydrogens (tertiary/aromatic N) is 7. The molecule has 0 unspecified atom stereocenters. The Morgan fingerprint density at radius 2 is 2.08 bits per heavy atom. The summed E-state index contributed by atoms with van der Waals surface area (Å²) in [6.07, 6.45) is 6.38. The number of fused-ring (bicyclic) bond motifs is 1. The zero-order chi connectivity index (χ0) is 26.4. The Hall–Kier alpha value is -3.28. The molecule has 2 fully saturated rings. The zero-order valence-corrected chi connectivity index (χ0v) is 22.7. The van der Waals surface area contributed by atoms with Gasteiger partial charge in [-0.15, -0.1) is 10.2 Å². The number of halogens is 1. The SMILES string of the molecule is C[C@@H]1CCCN(Cc2cc(Cl)nc(N3Cc4ccc(C5(Cc6nncn6C)CC(C#N)C5)cc4C3=O)c2)C1. The van der Waals surface area contributed by atoms with Gasteiger partial charge in [-0.1, -0.05) is 30.7 Å². The van der Waals surface area contributed by atoms with Crippen LogP contribution in [0, 0.1) is 23.2 Å². The van der Waals surface area contributed by atoms with Crippen LogP contribution < -0.4 is 4.90 Å². The van der Waals surface area contributed by atoms with Crippen molar-refractivity contribution >= 4 is 23.3 Å². The molecule has 9 heteroatoms. The van der Waals surface area contributed by atoms with Crippen molar-refractivity contribution in [1.29, 1.82) is 5.26 Å². The predicted octanol–water partition coefficient (Wildman–Crippen LogP) is 4.67. The van der Waals surface area contributed by atoms with Gasteiger partial charge in [0, 0.05) is 43.5 Å². The number of benzene rings is 1. The Kier molecular flexibility index (Phi) is 6.45. The number of anilines is 1. The van der Waals surface area contributed by atoms with Crippen molar-refractivity contribution < 1.29 is 4.79 Å². The third-order valence-electron chi connectivity index (χ3n) is 8.55. The highest BCUT2D eigenvalue weighted by molar-refractivity contribution is 6.29. The molecule has 1 amide bonds. The van der Waals surface area contributed by atoms with E-state index < -0.39 is 0 Å². The Bertz CT molecular complexity index is 1420. The number of hydrogen-bond acceptors (Lipinski definition) is 6. The van der Waals surface area contributed by atoms with Crippen molar-refractivity contribution in [1.82, 2.24) is 24.6 Å². The minimum Gasteiger partial charge on any atom is -0.321 e. The first-order valence-electron chi connectivity index (χ1n) is 13.4. The van der Waals surface area contributed by atoms with Crippen molar-refractivity contribution in [2.24, 2.45) is 18.9 Å². The largest absolute Gasteiger partial charge is 0.321 e. The van der Waals surface area contributed by atoms with Crippen molar-refractivity contribution in [3.05, 3.63) is 69.9 Å². The number of nitriles is 1. The van der Waals surface area contributed by atoms with Crippen LogP contribution in [0.3, 0.4) is 0 Å². The van der Waals surface area contributed by atoms with E-state index in [9.17, 15) is 10.1 Å². The summed E-state index contributed by atoms with van der Waals surface area (Å²) in [5.41, 5.74) is 3.63. The summed E-state index contributed by atoms with van der Waals surface area (Å²) in [7, 11) is 1.94. The van der Waals surface area contributed by atoms with Crippen molar-refractivity contribution in [3.63, 3.8) is 0 Å². The van der Waals surface area contributed by atoms with Crippen molar-refractivity contribution in [2.75, 3.05) is 18.0 Å². The van der Waals surface area contributed by atoms with Crippen LogP contribution in [0.1, 0.15) is 65.5 Å². The maximum atomic E-state index is 13.7. The first-order chi connectivity index (χ1) is 18.3. The molecule has 3 aliphatic rings. The van der Waals surface area contributed by atoms with E-state index in [1.54, 1.807) is 11.2 Å². The molecular formula is C29H32ClN7O. The smallest absolute Gasteiger partial charge is 0.260 e. The molecule has 38 heavy (non-hydrogen) atoms. The lowest BCUT2D eigenvalue weighted by Gasteiger charge is -2.45. The molecule has 4 heterocycles. The lowest BCUT2D eigenvalue weighted by molar-refractivity contribution is 0.0995. The lowest BCUT2D eigenvalue weighted by Crippen LogP contribution is -2.43. The fourth-order valence-corrected chi connectivity index (χ4v) is 6.72. The van der Waals surface area contributed by atoms with Gasteiger partial charge in [0.05, 0.1) is 12.6 Å². The number of aromatic nitrogens is 4. The monoisotopic (exact) mass is 529 g/mol. The number of piperidine rings is 1. The van der Waals surface area contributed by atoms with Gasteiger partial charge in [0.1, 0.15) is 23.1 Å². The molecule has 2 aliphatic heterocycles. The molecule has 1 aromatic carbocycles. The van der Waals surface area contributed by atoms with E-state index >= 15 is 0 Å². The Balaban J connectivity index is 1.26. The highest BCUT2D eigenvalue weighted by atomic mass is 35.5. The molecule has 3 aromatic rings. The molecule has 1 saturated carbocycles. The average Bonchev–Trinajstić information content (AvgIpc) is 3.42. The van der Waals surface area contributed by atoms with Crippen molar-refractivity contribution in [2.45, 2.75) is 57.5 Å². The quantitative estimate of drug-likeness (QED) is 0.431. The maximum absolute atomic E-state index is 13.7. The highest BCUT2D eigenvalue weighted by Crippen LogP contribution is 2.50. The van der Waals surface area contributed by atoms with Crippen LogP contribution in [0.15, 0.2) is 36.7 Å². The first kappa shape index (κ1) is 25.0. The summed E-state index contributed by atoms with van der Waals surface area (Å²) in [6, 6.07) is 12.5. The van der Waals surface area contributed by atoms with Gasteiger partial charge in [-0.05, 0) is 73.0 Å². The minimum atomic E-state index is -0.225. The molecule has 2 aromatic heterocycles. The Morgan fingerprint density at radius 3 is 2.82 bits per heavy atom. The second-order valence-electron chi connectivity index (χ2n) is 11.5. The number of amides is 1. The molecule has 1 aliphatic carbocycles. The Morgan fingerprint density at radius 1 is 1.24 bits per heavy atom. The Labute approximate surface area is 228 Å². The fraction of sp³-hybridized carbons (Fsp3) is 0.483. The molecule has 8 nitrogen and oxygen atoms in total. The van der Waals surface area contributed by atoms with E-state index in [-0.39, 0.29) is 17.2 Å². The number of likely N-dealkylation sites (tertiary alicyclic amines) is 1. The summed E-state index contributed by atoms with van der Waals surface area (Å²) in [5, 5.41) is 18.2. The van der Waals surface area contributed by atoms with Gasteiger partial charge in [0.15, 0.2) is 0 Å². The van der Waals surface area contributed by atoms with Crippen LogP contribution in [0.5, 0.6) is 0 Å². The number of carbonyl (C=O) groups is 1. The standard InChI is InChI=1S/C29H32ClN7O/c1-19-4-3-7-36(15-19)16-20-8-25(30)33-26(9-20)37-17-22-5-6-23(10-24(22)28(37)38)29(11-21(12-29)14-31)13-27-34-32-18-35(27)2/h5-6,8-10,18-19,21H,3-4,7,11-13,15-17H2,1-2H3/t19-,21?,29?/m1/s1. The minimum absolute atomic E-state index is 0.0145. The van der Waals surface area contributed by atoms with Gasteiger partial charge in [-0.3, -0.25) is 14.6 Å². The summed E-state index contributed by atoms with van der Waals surface area (Å²) < 4.78 is 1.93. The lowest BCUT2D eigenvalue weighted by atomic mass is 9.57. The van der Waals surface area contributed by atoms with E-state index in [1.807, 2.05) is 29.8 Å². The van der Waals surface area contributed by atoms with Gasteiger partial charge in [-0.25, -0.2) is 4.98 Å². The molecule has 196 valence electrons. The maximum Gasteiger partial charge on any atom is 0.260 e. The number of carbonyl (C=O) groups excluding carboxylic acids is 1. The molecule has 0 spiro atoms. The van der Waals surface area contributed by atoms with E-state index in [0.717, 1.165) is 55.0 Å². The predicted molar refractivity (Wildman–Crippen MR) is 145 cm³/mol. The van der Waals surface area contributed by atoms with Gasteiger partial charge < -0.3 is 4.57 Å². The van der Waals surface area contributed by atoms with Crippen LogP contribution in [0.2, 0.25) is 5.15 Å². The number of hydrogen-bond donors (Lipinski definition) is 0. The molecule has 6 rings (SSSR count). The van der Waals surface area contributed by atoms with Crippen LogP contribution in [0.4, 0.5) is 5.82 Å². The molecule has 1 atom stereocenters. The summed E-state index contributed by atoms with van der Waals surface area (Å²) in [6.45, 7) is 5.74. The number of pyridine rings is 1. The molecule has 0 radical (unpaired) electrons. The van der Waals surface area contributed by atoms with E-state index in [4.69, 9.17) is 11.6 Å². The van der Waals surface area contributed by atoms with Crippen LogP contribution in [-0.4, -0.2) is 43.6 Å². The highest BCUT2D eigenvalue weighted by Gasteiger charge is 2.47. The van der Waals surface area contributed by atoms with Gasteiger partial charge >= 0.3 is 0 Å². The van der Waals surface area contributed by atoms with E-state index in [0.29, 0.717) is 35.4 Å². The fourth-order valence-electron chi connectivity index (χ4n) is 6.50. The molecular weight excluding hydrogens is 498 g/mol. The summed E-state index contributed by atoms with van der Waals surface area (Å²) in [5.74, 6) is 2.14. The first-order valence-corrected chi connectivity index (χ1v) is 13.8. The second kappa shape index (κ2) is 9.79. The van der Waals surface area contributed by atoms with E-state index in [1.165, 1.54) is 12.8 Å². The second-order valence-corrected chi connectivity index (χ2v) is 11.8. The summed E-state index contributed by atoms with van der Waals surface area (Å²) in [4.78, 5) is 22.4. The summed E-state index contributed by atoms with van der Waals surface area (Å²) >= 11 is 6.45. The average molecular weight is 530 g/mol. The van der Waals surface area contributed by atoms with Gasteiger partial charge in [0.2, 0.25) is 0 Å².